The number of carbonyl (C=O) groups excluding carboxylic acids is 1. The predicted octanol–water partition coefficient (Wildman–Crippen LogP) is 5.31. The molecule has 1 fully saturated rings. The Hall–Kier alpha value is -2.06. The Morgan fingerprint density at radius 1 is 1.15 bits per heavy atom. The summed E-state index contributed by atoms with van der Waals surface area (Å²) in [6.07, 6.45) is 1.65. The summed E-state index contributed by atoms with van der Waals surface area (Å²) < 4.78 is 5.42. The van der Waals surface area contributed by atoms with Crippen LogP contribution in [0.2, 0.25) is 10.0 Å². The van der Waals surface area contributed by atoms with Crippen LogP contribution in [0, 0.1) is 5.92 Å². The largest absolute Gasteiger partial charge is 0.355 e. The van der Waals surface area contributed by atoms with Gasteiger partial charge in [-0.2, -0.15) is 16.7 Å². The zero-order valence-electron chi connectivity index (χ0n) is 18.2. The van der Waals surface area contributed by atoms with Gasteiger partial charge in [-0.05, 0) is 55.8 Å². The number of halogens is 2. The van der Waals surface area contributed by atoms with Crippen LogP contribution in [0.3, 0.4) is 0 Å². The number of hydrogen-bond donors (Lipinski definition) is 1. The fourth-order valence-corrected chi connectivity index (χ4v) is 5.06. The highest BCUT2D eigenvalue weighted by Crippen LogP contribution is 2.26. The molecular weight excluding hydrogens is 479 g/mol. The van der Waals surface area contributed by atoms with E-state index in [-0.39, 0.29) is 11.8 Å². The monoisotopic (exact) mass is 504 g/mol. The molecule has 1 aliphatic rings. The molecule has 4 rings (SSSR count). The second kappa shape index (κ2) is 11.9. The van der Waals surface area contributed by atoms with Crippen LogP contribution in [0.15, 0.2) is 53.1 Å². The molecule has 2 aromatic carbocycles. The molecule has 9 heteroatoms. The Morgan fingerprint density at radius 2 is 1.97 bits per heavy atom. The number of benzene rings is 2. The van der Waals surface area contributed by atoms with Crippen molar-refractivity contribution in [2.24, 2.45) is 5.92 Å². The zero-order chi connectivity index (χ0) is 23.0. The minimum absolute atomic E-state index is 0.0561. The lowest BCUT2D eigenvalue weighted by Crippen LogP contribution is -2.40. The zero-order valence-corrected chi connectivity index (χ0v) is 20.5. The van der Waals surface area contributed by atoms with Gasteiger partial charge in [-0.1, -0.05) is 52.6 Å². The van der Waals surface area contributed by atoms with Crippen molar-refractivity contribution in [3.8, 4) is 11.4 Å². The van der Waals surface area contributed by atoms with Crippen LogP contribution in [0.25, 0.3) is 11.4 Å². The van der Waals surface area contributed by atoms with Crippen molar-refractivity contribution in [1.82, 2.24) is 20.4 Å². The molecule has 0 aliphatic carbocycles. The van der Waals surface area contributed by atoms with Crippen LogP contribution in [0.1, 0.15) is 24.3 Å². The van der Waals surface area contributed by atoms with Crippen molar-refractivity contribution < 1.29 is 9.32 Å². The molecule has 2 heterocycles. The molecule has 1 saturated heterocycles. The van der Waals surface area contributed by atoms with Gasteiger partial charge >= 0.3 is 0 Å². The summed E-state index contributed by atoms with van der Waals surface area (Å²) in [5, 5.41) is 8.50. The molecule has 0 unspecified atom stereocenters. The molecule has 33 heavy (non-hydrogen) atoms. The smallest absolute Gasteiger partial charge is 0.241 e. The average Bonchev–Trinajstić information content (AvgIpc) is 3.28. The van der Waals surface area contributed by atoms with E-state index in [1.54, 1.807) is 17.8 Å². The third kappa shape index (κ3) is 6.96. The average molecular weight is 505 g/mol. The number of nitrogens with zero attached hydrogens (tertiary/aromatic N) is 3. The lowest BCUT2D eigenvalue weighted by atomic mass is 9.96. The Morgan fingerprint density at radius 3 is 2.76 bits per heavy atom. The summed E-state index contributed by atoms with van der Waals surface area (Å²) in [6, 6.07) is 15.3. The minimum atomic E-state index is 0.0561. The number of hydrogen-bond acceptors (Lipinski definition) is 6. The van der Waals surface area contributed by atoms with Gasteiger partial charge in [-0.15, -0.1) is 0 Å². The van der Waals surface area contributed by atoms with Crippen LogP contribution in [-0.2, 0) is 17.1 Å². The molecule has 6 nitrogen and oxygen atoms in total. The molecule has 1 aromatic heterocycles. The summed E-state index contributed by atoms with van der Waals surface area (Å²) in [5.41, 5.74) is 1.96. The highest BCUT2D eigenvalue weighted by Gasteiger charge is 2.26. The normalized spacial score (nSPS) is 15.0. The van der Waals surface area contributed by atoms with Crippen LogP contribution >= 0.6 is 35.0 Å². The minimum Gasteiger partial charge on any atom is -0.355 e. The van der Waals surface area contributed by atoms with E-state index in [1.807, 2.05) is 36.4 Å². The number of nitrogens with one attached hydrogen (secondary N) is 1. The number of carbonyl (C=O) groups is 1. The van der Waals surface area contributed by atoms with Crippen molar-refractivity contribution >= 4 is 40.9 Å². The van der Waals surface area contributed by atoms with Gasteiger partial charge in [-0.3, -0.25) is 9.69 Å². The molecule has 0 radical (unpaired) electrons. The molecule has 1 N–H and O–H groups in total. The maximum atomic E-state index is 12.5. The number of likely N-dealkylation sites (tertiary alicyclic amines) is 1. The highest BCUT2D eigenvalue weighted by molar-refractivity contribution is 7.98. The van der Waals surface area contributed by atoms with Crippen molar-refractivity contribution in [2.45, 2.75) is 25.1 Å². The molecule has 0 bridgehead atoms. The first-order valence-corrected chi connectivity index (χ1v) is 12.9. The van der Waals surface area contributed by atoms with Crippen molar-refractivity contribution in [2.75, 3.05) is 25.4 Å². The number of piperidine rings is 1. The van der Waals surface area contributed by atoms with Gasteiger partial charge in [0.25, 0.3) is 0 Å². The van der Waals surface area contributed by atoms with E-state index in [2.05, 4.69) is 26.4 Å². The first-order chi connectivity index (χ1) is 16.1. The van der Waals surface area contributed by atoms with Gasteiger partial charge in [0, 0.05) is 34.6 Å². The second-order valence-corrected chi connectivity index (χ2v) is 9.96. The Balaban J connectivity index is 1.15. The highest BCUT2D eigenvalue weighted by atomic mass is 35.5. The van der Waals surface area contributed by atoms with Crippen molar-refractivity contribution in [3.63, 3.8) is 0 Å². The molecular formula is C24H26Cl2N4O2S. The van der Waals surface area contributed by atoms with E-state index in [9.17, 15) is 4.79 Å². The molecule has 1 aliphatic heterocycles. The summed E-state index contributed by atoms with van der Waals surface area (Å²) in [7, 11) is 0. The van der Waals surface area contributed by atoms with E-state index in [1.165, 1.54) is 5.56 Å². The third-order valence-corrected chi connectivity index (χ3v) is 7.20. The fourth-order valence-electron chi connectivity index (χ4n) is 3.82. The second-order valence-electron chi connectivity index (χ2n) is 8.02. The van der Waals surface area contributed by atoms with Gasteiger partial charge in [-0.25, -0.2) is 0 Å². The lowest BCUT2D eigenvalue weighted by Gasteiger charge is -2.30. The first kappa shape index (κ1) is 24.1. The number of aromatic nitrogens is 2. The maximum Gasteiger partial charge on any atom is 0.241 e. The van der Waals surface area contributed by atoms with E-state index < -0.39 is 0 Å². The topological polar surface area (TPSA) is 71.3 Å². The summed E-state index contributed by atoms with van der Waals surface area (Å²) in [6.45, 7) is 2.90. The summed E-state index contributed by atoms with van der Waals surface area (Å²) in [4.78, 5) is 19.2. The Bertz CT molecular complexity index is 1070. The van der Waals surface area contributed by atoms with Gasteiger partial charge in [0.2, 0.25) is 17.6 Å². The third-order valence-electron chi connectivity index (χ3n) is 5.60. The molecule has 0 spiro atoms. The molecule has 174 valence electrons. The summed E-state index contributed by atoms with van der Waals surface area (Å²) >= 11 is 14.0. The van der Waals surface area contributed by atoms with Crippen molar-refractivity contribution in [3.05, 3.63) is 70.0 Å². The van der Waals surface area contributed by atoms with Crippen LogP contribution in [0.4, 0.5) is 0 Å². The molecule has 1 amide bonds. The number of rotatable bonds is 9. The SMILES string of the molecule is O=C(NCCSCc1cccc(Cl)c1)C1CCN(Cc2nc(-c3ccccc3Cl)no2)CC1. The lowest BCUT2D eigenvalue weighted by molar-refractivity contribution is -0.126. The molecule has 0 atom stereocenters. The Kier molecular flexibility index (Phi) is 8.67. The first-order valence-electron chi connectivity index (χ1n) is 11.0. The van der Waals surface area contributed by atoms with Crippen LogP contribution < -0.4 is 5.32 Å². The van der Waals surface area contributed by atoms with Gasteiger partial charge < -0.3 is 9.84 Å². The predicted molar refractivity (Wildman–Crippen MR) is 133 cm³/mol. The molecule has 0 saturated carbocycles. The Labute approximate surface area is 208 Å². The van der Waals surface area contributed by atoms with Gasteiger partial charge in [0.1, 0.15) is 0 Å². The van der Waals surface area contributed by atoms with Crippen LogP contribution in [-0.4, -0.2) is 46.3 Å². The van der Waals surface area contributed by atoms with Gasteiger partial charge in [0.15, 0.2) is 0 Å². The van der Waals surface area contributed by atoms with Crippen molar-refractivity contribution in [1.29, 1.82) is 0 Å². The quantitative estimate of drug-likeness (QED) is 0.398. The van der Waals surface area contributed by atoms with Crippen LogP contribution in [0.5, 0.6) is 0 Å². The van der Waals surface area contributed by atoms with E-state index in [0.717, 1.165) is 48.0 Å². The van der Waals surface area contributed by atoms with E-state index in [0.29, 0.717) is 29.8 Å². The van der Waals surface area contributed by atoms with Gasteiger partial charge in [0.05, 0.1) is 11.6 Å². The molecule has 3 aromatic rings. The standard InChI is InChI=1S/C24H26Cl2N4O2S/c25-19-5-3-4-17(14-19)16-33-13-10-27-24(31)18-8-11-30(12-9-18)15-22-28-23(29-32-22)20-6-1-2-7-21(20)26/h1-7,14,18H,8-13,15-16H2,(H,27,31). The number of amides is 1. The van der Waals surface area contributed by atoms with E-state index >= 15 is 0 Å². The maximum absolute atomic E-state index is 12.5. The number of thioether (sulfide) groups is 1. The summed E-state index contributed by atoms with van der Waals surface area (Å²) in [5.74, 6) is 3.03. The fraction of sp³-hybridized carbons (Fsp3) is 0.375. The van der Waals surface area contributed by atoms with E-state index in [4.69, 9.17) is 27.7 Å².